The number of hydrogen-bond acceptors (Lipinski definition) is 13. The zero-order valence-electron chi connectivity index (χ0n) is 31.0. The lowest BCUT2D eigenvalue weighted by molar-refractivity contribution is -0.140. The van der Waals surface area contributed by atoms with Gasteiger partial charge in [0.1, 0.15) is 36.8 Å². The van der Waals surface area contributed by atoms with Crippen LogP contribution in [0, 0.1) is 5.92 Å². The van der Waals surface area contributed by atoms with Crippen molar-refractivity contribution in [2.45, 2.75) is 121 Å². The van der Waals surface area contributed by atoms with Crippen molar-refractivity contribution in [3.8, 4) is 0 Å². The molecule has 16 N–H and O–H groups in total. The van der Waals surface area contributed by atoms with Crippen LogP contribution < -0.4 is 49.1 Å². The second-order valence-electron chi connectivity index (χ2n) is 13.1. The molecule has 0 aromatic rings. The van der Waals surface area contributed by atoms with Crippen LogP contribution in [-0.4, -0.2) is 135 Å². The average Bonchev–Trinajstić information content (AvgIpc) is 3.07. The number of rotatable bonds is 28. The zero-order chi connectivity index (χ0) is 42.4. The zero-order valence-corrected chi connectivity index (χ0v) is 31.0. The van der Waals surface area contributed by atoms with Gasteiger partial charge in [0, 0.05) is 12.8 Å². The Morgan fingerprint density at radius 2 is 1.04 bits per heavy atom. The molecule has 0 bridgehead atoms. The highest BCUT2D eigenvalue weighted by atomic mass is 16.4. The van der Waals surface area contributed by atoms with Gasteiger partial charge in [0.25, 0.3) is 0 Å². The molecular formula is C32H55N9O14. The van der Waals surface area contributed by atoms with E-state index in [4.69, 9.17) is 27.4 Å². The summed E-state index contributed by atoms with van der Waals surface area (Å²) in [5, 5.41) is 50.9. The summed E-state index contributed by atoms with van der Waals surface area (Å²) in [6.07, 6.45) is -3.88. The number of primary amides is 1. The van der Waals surface area contributed by atoms with E-state index in [1.165, 1.54) is 0 Å². The first-order valence-corrected chi connectivity index (χ1v) is 17.5. The number of hydrogen-bond donors (Lipinski definition) is 13. The summed E-state index contributed by atoms with van der Waals surface area (Å²) in [7, 11) is 0. The van der Waals surface area contributed by atoms with Crippen LogP contribution in [0.15, 0.2) is 0 Å². The van der Waals surface area contributed by atoms with Gasteiger partial charge in [-0.05, 0) is 57.9 Å². The normalized spacial score (nSPS) is 14.7. The first kappa shape index (κ1) is 49.6. The number of nitrogens with two attached hydrogens (primary N) is 3. The predicted octanol–water partition coefficient (Wildman–Crippen LogP) is -4.90. The molecule has 0 aromatic carbocycles. The van der Waals surface area contributed by atoms with E-state index >= 15 is 0 Å². The molecule has 312 valence electrons. The number of unbranched alkanes of at least 4 members (excludes halogenated alkanes) is 1. The number of aliphatic hydroxyl groups excluding tert-OH is 1. The van der Waals surface area contributed by atoms with Gasteiger partial charge in [-0.15, -0.1) is 0 Å². The Morgan fingerprint density at radius 1 is 0.582 bits per heavy atom. The summed E-state index contributed by atoms with van der Waals surface area (Å²) in [5.74, 6) is -11.7. The molecule has 0 radical (unpaired) electrons. The third-order valence-electron chi connectivity index (χ3n) is 7.72. The van der Waals surface area contributed by atoms with E-state index in [0.717, 1.165) is 6.92 Å². The molecule has 0 heterocycles. The van der Waals surface area contributed by atoms with E-state index in [0.29, 0.717) is 19.3 Å². The van der Waals surface area contributed by atoms with Crippen LogP contribution in [0.2, 0.25) is 0 Å². The van der Waals surface area contributed by atoms with Gasteiger partial charge >= 0.3 is 17.9 Å². The van der Waals surface area contributed by atoms with Crippen molar-refractivity contribution >= 4 is 59.3 Å². The van der Waals surface area contributed by atoms with Gasteiger partial charge in [-0.1, -0.05) is 13.8 Å². The van der Waals surface area contributed by atoms with Crippen molar-refractivity contribution in [1.82, 2.24) is 31.9 Å². The van der Waals surface area contributed by atoms with Crippen molar-refractivity contribution in [3.63, 3.8) is 0 Å². The average molecular weight is 790 g/mol. The highest BCUT2D eigenvalue weighted by Gasteiger charge is 2.35. The van der Waals surface area contributed by atoms with Crippen LogP contribution in [-0.2, 0) is 47.9 Å². The fraction of sp³-hybridized carbons (Fsp3) is 0.688. The van der Waals surface area contributed by atoms with E-state index in [1.807, 2.05) is 19.2 Å². The van der Waals surface area contributed by atoms with Gasteiger partial charge in [-0.2, -0.15) is 0 Å². The minimum absolute atomic E-state index is 0.0537. The lowest BCUT2D eigenvalue weighted by Crippen LogP contribution is -2.61. The second kappa shape index (κ2) is 25.6. The van der Waals surface area contributed by atoms with Crippen molar-refractivity contribution in [1.29, 1.82) is 0 Å². The number of carboxylic acid groups (broad SMARTS) is 3. The molecule has 55 heavy (non-hydrogen) atoms. The van der Waals surface area contributed by atoms with Gasteiger partial charge < -0.3 is 69.5 Å². The maximum Gasteiger partial charge on any atom is 0.322 e. The van der Waals surface area contributed by atoms with E-state index in [-0.39, 0.29) is 18.9 Å². The lowest BCUT2D eigenvalue weighted by atomic mass is 10.0. The molecule has 23 nitrogen and oxygen atoms in total. The Labute approximate surface area is 316 Å². The van der Waals surface area contributed by atoms with Gasteiger partial charge in [0.15, 0.2) is 0 Å². The molecule has 0 rings (SSSR count). The molecule has 7 atom stereocenters. The Bertz CT molecular complexity index is 1380. The molecule has 23 heteroatoms. The molecule has 0 saturated carbocycles. The second-order valence-corrected chi connectivity index (χ2v) is 13.1. The Kier molecular flexibility index (Phi) is 23.1. The first-order chi connectivity index (χ1) is 25.6. The van der Waals surface area contributed by atoms with E-state index < -0.39 is 140 Å². The number of nitrogens with one attached hydrogen (secondary N) is 6. The summed E-state index contributed by atoms with van der Waals surface area (Å²) in [6.45, 7) is 4.19. The molecule has 7 unspecified atom stereocenters. The van der Waals surface area contributed by atoms with Crippen molar-refractivity contribution in [2.24, 2.45) is 23.1 Å². The molecule has 0 fully saturated rings. The van der Waals surface area contributed by atoms with Crippen LogP contribution in [0.4, 0.5) is 0 Å². The van der Waals surface area contributed by atoms with Crippen molar-refractivity contribution < 1.29 is 68.4 Å². The van der Waals surface area contributed by atoms with E-state index in [2.05, 4.69) is 26.6 Å². The summed E-state index contributed by atoms with van der Waals surface area (Å²) in [5.41, 5.74) is 16.7. The summed E-state index contributed by atoms with van der Waals surface area (Å²) < 4.78 is 0. The van der Waals surface area contributed by atoms with Crippen LogP contribution in [0.5, 0.6) is 0 Å². The Hall–Kier alpha value is -5.42. The van der Waals surface area contributed by atoms with Gasteiger partial charge in [0.2, 0.25) is 41.4 Å². The molecule has 7 amide bonds. The van der Waals surface area contributed by atoms with Gasteiger partial charge in [-0.3, -0.25) is 47.9 Å². The Balaban J connectivity index is 6.28. The molecule has 0 aliphatic heterocycles. The third-order valence-corrected chi connectivity index (χ3v) is 7.72. The fourth-order valence-corrected chi connectivity index (χ4v) is 4.89. The van der Waals surface area contributed by atoms with Crippen LogP contribution >= 0.6 is 0 Å². The van der Waals surface area contributed by atoms with Crippen LogP contribution in [0.3, 0.4) is 0 Å². The summed E-state index contributed by atoms with van der Waals surface area (Å²) in [4.78, 5) is 124. The smallest absolute Gasteiger partial charge is 0.322 e. The van der Waals surface area contributed by atoms with E-state index in [1.54, 1.807) is 0 Å². The summed E-state index contributed by atoms with van der Waals surface area (Å²) in [6, 6.07) is -9.31. The third kappa shape index (κ3) is 21.2. The molecule has 0 aliphatic rings. The summed E-state index contributed by atoms with van der Waals surface area (Å²) >= 11 is 0. The molecule has 0 aromatic heterocycles. The number of carbonyl (C=O) groups is 10. The maximum absolute atomic E-state index is 13.4. The minimum Gasteiger partial charge on any atom is -0.481 e. The first-order valence-electron chi connectivity index (χ1n) is 17.5. The van der Waals surface area contributed by atoms with E-state index in [9.17, 15) is 58.2 Å². The Morgan fingerprint density at radius 3 is 1.51 bits per heavy atom. The van der Waals surface area contributed by atoms with Crippen LogP contribution in [0.25, 0.3) is 0 Å². The number of carboxylic acids is 3. The molecule has 0 spiro atoms. The standard InChI is InChI=1S/C32H55N9O14/c1-15(2)12-17(34)27(50)37-18(6-4-5-11-33)30(53)41-26(16(3)42)32(55)39-20(8-10-24(46)47)29(52)40-21(13-22(35)43)31(54)38-19(7-9-23(44)45)28(51)36-14-25(48)49/h15-21,26,42H,4-14,33-34H2,1-3H3,(H2,35,43)(H,36,51)(H,37,50)(H,38,54)(H,39,55)(H,40,52)(H,41,53)(H,44,45)(H,46,47)(H,48,49). The highest BCUT2D eigenvalue weighted by molar-refractivity contribution is 5.98. The van der Waals surface area contributed by atoms with Crippen LogP contribution in [0.1, 0.15) is 78.6 Å². The quantitative estimate of drug-likeness (QED) is 0.0330. The SMILES string of the molecule is CC(C)CC(N)C(=O)NC(CCCCN)C(=O)NC(C(=O)NC(CCC(=O)O)C(=O)NC(CC(N)=O)C(=O)NC(CCC(=O)O)C(=O)NCC(=O)O)C(C)O. The number of aliphatic carboxylic acids is 3. The molecular weight excluding hydrogens is 734 g/mol. The fourth-order valence-electron chi connectivity index (χ4n) is 4.89. The number of amides is 7. The highest BCUT2D eigenvalue weighted by Crippen LogP contribution is 2.09. The number of carbonyl (C=O) groups excluding carboxylic acids is 7. The van der Waals surface area contributed by atoms with Crippen molar-refractivity contribution in [3.05, 3.63) is 0 Å². The predicted molar refractivity (Wildman–Crippen MR) is 190 cm³/mol. The molecule has 0 saturated heterocycles. The van der Waals surface area contributed by atoms with Crippen molar-refractivity contribution in [2.75, 3.05) is 13.1 Å². The molecule has 0 aliphatic carbocycles. The lowest BCUT2D eigenvalue weighted by Gasteiger charge is -2.28. The largest absolute Gasteiger partial charge is 0.481 e. The maximum atomic E-state index is 13.4. The topological polar surface area (TPSA) is 402 Å². The van der Waals surface area contributed by atoms with Gasteiger partial charge in [-0.25, -0.2) is 0 Å². The monoisotopic (exact) mass is 789 g/mol. The van der Waals surface area contributed by atoms with Gasteiger partial charge in [0.05, 0.1) is 18.6 Å². The minimum atomic E-state index is -1.89. The number of aliphatic hydroxyl groups is 1.